The Morgan fingerprint density at radius 2 is 2.00 bits per heavy atom. The van der Waals surface area contributed by atoms with E-state index in [-0.39, 0.29) is 5.56 Å². The van der Waals surface area contributed by atoms with Gasteiger partial charge in [-0.15, -0.1) is 0 Å². The summed E-state index contributed by atoms with van der Waals surface area (Å²) in [5.41, 5.74) is -0.0368. The second-order valence-electron chi connectivity index (χ2n) is 5.75. The van der Waals surface area contributed by atoms with Gasteiger partial charge in [-0.1, -0.05) is 0 Å². The standard InChI is InChI=1S/C15H16F3N3/c16-15(17,18)13-1-2-14(11(5-13)6-19)21-4-3-10-7-20-8-12(10)9-21/h1-2,5,10,12,20H,3-4,7-9H2. The smallest absolute Gasteiger partial charge is 0.370 e. The fourth-order valence-corrected chi connectivity index (χ4v) is 3.33. The average molecular weight is 295 g/mol. The maximum Gasteiger partial charge on any atom is 0.416 e. The van der Waals surface area contributed by atoms with Crippen molar-refractivity contribution >= 4 is 5.69 Å². The van der Waals surface area contributed by atoms with Crippen molar-refractivity contribution in [2.45, 2.75) is 12.6 Å². The van der Waals surface area contributed by atoms with Crippen LogP contribution in [0.15, 0.2) is 18.2 Å². The van der Waals surface area contributed by atoms with Gasteiger partial charge in [0.15, 0.2) is 0 Å². The van der Waals surface area contributed by atoms with Gasteiger partial charge in [0.05, 0.1) is 16.8 Å². The topological polar surface area (TPSA) is 39.1 Å². The first-order valence-electron chi connectivity index (χ1n) is 7.06. The molecule has 0 aliphatic carbocycles. The minimum atomic E-state index is -4.41. The van der Waals surface area contributed by atoms with Crippen molar-refractivity contribution in [3.8, 4) is 6.07 Å². The fraction of sp³-hybridized carbons (Fsp3) is 0.533. The molecule has 0 saturated carbocycles. The maximum absolute atomic E-state index is 12.7. The Hall–Kier alpha value is -1.74. The molecule has 1 N–H and O–H groups in total. The Morgan fingerprint density at radius 1 is 1.24 bits per heavy atom. The van der Waals surface area contributed by atoms with Crippen LogP contribution in [0.2, 0.25) is 0 Å². The molecule has 2 saturated heterocycles. The number of anilines is 1. The lowest BCUT2D eigenvalue weighted by Gasteiger charge is -2.36. The average Bonchev–Trinajstić information content (AvgIpc) is 2.93. The van der Waals surface area contributed by atoms with E-state index in [9.17, 15) is 18.4 Å². The van der Waals surface area contributed by atoms with Crippen LogP contribution in [0.25, 0.3) is 0 Å². The van der Waals surface area contributed by atoms with Crippen LogP contribution < -0.4 is 10.2 Å². The number of hydrogen-bond acceptors (Lipinski definition) is 3. The lowest BCUT2D eigenvalue weighted by Crippen LogP contribution is -2.40. The normalized spacial score (nSPS) is 25.5. The monoisotopic (exact) mass is 295 g/mol. The molecular weight excluding hydrogens is 279 g/mol. The number of fused-ring (bicyclic) bond motifs is 1. The molecule has 0 radical (unpaired) electrons. The fourth-order valence-electron chi connectivity index (χ4n) is 3.33. The summed E-state index contributed by atoms with van der Waals surface area (Å²) in [6, 6.07) is 5.36. The van der Waals surface area contributed by atoms with Gasteiger partial charge < -0.3 is 10.2 Å². The number of nitriles is 1. The van der Waals surface area contributed by atoms with Crippen LogP contribution in [0.3, 0.4) is 0 Å². The van der Waals surface area contributed by atoms with E-state index >= 15 is 0 Å². The molecule has 0 spiro atoms. The molecule has 2 atom stereocenters. The number of benzene rings is 1. The molecule has 112 valence electrons. The van der Waals surface area contributed by atoms with Crippen LogP contribution in [-0.4, -0.2) is 26.2 Å². The zero-order chi connectivity index (χ0) is 15.0. The van der Waals surface area contributed by atoms with Crippen molar-refractivity contribution in [1.29, 1.82) is 5.26 Å². The third-order valence-electron chi connectivity index (χ3n) is 4.49. The molecule has 3 rings (SSSR count). The van der Waals surface area contributed by atoms with Crippen molar-refractivity contribution in [1.82, 2.24) is 5.32 Å². The van der Waals surface area contributed by atoms with Crippen LogP contribution >= 0.6 is 0 Å². The number of nitrogens with one attached hydrogen (secondary N) is 1. The summed E-state index contributed by atoms with van der Waals surface area (Å²) in [5.74, 6) is 1.17. The van der Waals surface area contributed by atoms with Crippen LogP contribution in [0.5, 0.6) is 0 Å². The van der Waals surface area contributed by atoms with E-state index < -0.39 is 11.7 Å². The molecule has 1 aromatic rings. The Labute approximate surface area is 121 Å². The van der Waals surface area contributed by atoms with E-state index in [1.165, 1.54) is 6.07 Å². The highest BCUT2D eigenvalue weighted by Crippen LogP contribution is 2.35. The molecule has 2 aliphatic heterocycles. The minimum absolute atomic E-state index is 0.106. The minimum Gasteiger partial charge on any atom is -0.370 e. The van der Waals surface area contributed by atoms with E-state index in [0.29, 0.717) is 17.5 Å². The summed E-state index contributed by atoms with van der Waals surface area (Å²) in [5, 5.41) is 12.5. The van der Waals surface area contributed by atoms with Crippen molar-refractivity contribution in [3.63, 3.8) is 0 Å². The highest BCUT2D eigenvalue weighted by Gasteiger charge is 2.35. The zero-order valence-electron chi connectivity index (χ0n) is 11.5. The number of halogens is 3. The number of rotatable bonds is 1. The van der Waals surface area contributed by atoms with Gasteiger partial charge in [0.1, 0.15) is 6.07 Å². The predicted molar refractivity (Wildman–Crippen MR) is 72.8 cm³/mol. The van der Waals surface area contributed by atoms with E-state index in [2.05, 4.69) is 5.32 Å². The number of piperidine rings is 1. The molecule has 2 unspecified atom stereocenters. The molecule has 6 heteroatoms. The maximum atomic E-state index is 12.7. The molecule has 0 amide bonds. The highest BCUT2D eigenvalue weighted by molar-refractivity contribution is 5.61. The van der Waals surface area contributed by atoms with Crippen LogP contribution in [0.4, 0.5) is 18.9 Å². The van der Waals surface area contributed by atoms with Crippen molar-refractivity contribution in [3.05, 3.63) is 29.3 Å². The Kier molecular flexibility index (Phi) is 3.54. The SMILES string of the molecule is N#Cc1cc(C(F)(F)F)ccc1N1CCC2CNCC2C1. The highest BCUT2D eigenvalue weighted by atomic mass is 19.4. The second kappa shape index (κ2) is 5.23. The molecule has 21 heavy (non-hydrogen) atoms. The van der Waals surface area contributed by atoms with Gasteiger partial charge in [-0.3, -0.25) is 0 Å². The molecule has 3 nitrogen and oxygen atoms in total. The van der Waals surface area contributed by atoms with E-state index in [4.69, 9.17) is 0 Å². The summed E-state index contributed by atoms with van der Waals surface area (Å²) >= 11 is 0. The zero-order valence-corrected chi connectivity index (χ0v) is 11.5. The van der Waals surface area contributed by atoms with Gasteiger partial charge in [0.25, 0.3) is 0 Å². The van der Waals surface area contributed by atoms with Gasteiger partial charge >= 0.3 is 6.18 Å². The summed E-state index contributed by atoms with van der Waals surface area (Å²) in [4.78, 5) is 2.05. The van der Waals surface area contributed by atoms with Crippen LogP contribution in [0.1, 0.15) is 17.5 Å². The quantitative estimate of drug-likeness (QED) is 0.865. The van der Waals surface area contributed by atoms with E-state index in [1.807, 2.05) is 11.0 Å². The largest absolute Gasteiger partial charge is 0.416 e. The molecule has 0 bridgehead atoms. The first-order valence-corrected chi connectivity index (χ1v) is 7.06. The molecule has 2 fully saturated rings. The van der Waals surface area contributed by atoms with Gasteiger partial charge in [0.2, 0.25) is 0 Å². The Bertz CT molecular complexity index is 577. The van der Waals surface area contributed by atoms with Gasteiger partial charge in [-0.05, 0) is 49.5 Å². The van der Waals surface area contributed by atoms with Crippen molar-refractivity contribution in [2.24, 2.45) is 11.8 Å². The lowest BCUT2D eigenvalue weighted by molar-refractivity contribution is -0.137. The third-order valence-corrected chi connectivity index (χ3v) is 4.49. The van der Waals surface area contributed by atoms with Crippen molar-refractivity contribution < 1.29 is 13.2 Å². The summed E-state index contributed by atoms with van der Waals surface area (Å²) < 4.78 is 38.2. The van der Waals surface area contributed by atoms with E-state index in [0.717, 1.165) is 44.7 Å². The first kappa shape index (κ1) is 14.2. The Morgan fingerprint density at radius 3 is 2.71 bits per heavy atom. The van der Waals surface area contributed by atoms with Crippen molar-refractivity contribution in [2.75, 3.05) is 31.1 Å². The molecule has 2 aliphatic rings. The summed E-state index contributed by atoms with van der Waals surface area (Å²) in [6.07, 6.45) is -3.39. The number of alkyl halides is 3. The third kappa shape index (κ3) is 2.70. The summed E-state index contributed by atoms with van der Waals surface area (Å²) in [7, 11) is 0. The second-order valence-corrected chi connectivity index (χ2v) is 5.75. The predicted octanol–water partition coefficient (Wildman–Crippen LogP) is 2.62. The van der Waals surface area contributed by atoms with Crippen LogP contribution in [0, 0.1) is 23.2 Å². The molecule has 2 heterocycles. The lowest BCUT2D eigenvalue weighted by atomic mass is 9.88. The van der Waals surface area contributed by atoms with Gasteiger partial charge in [-0.25, -0.2) is 0 Å². The van der Waals surface area contributed by atoms with Gasteiger partial charge in [-0.2, -0.15) is 18.4 Å². The summed E-state index contributed by atoms with van der Waals surface area (Å²) in [6.45, 7) is 3.57. The Balaban J connectivity index is 1.87. The first-order chi connectivity index (χ1) is 9.99. The molecule has 0 aromatic heterocycles. The van der Waals surface area contributed by atoms with E-state index in [1.54, 1.807) is 0 Å². The molecule has 1 aromatic carbocycles. The number of hydrogen-bond donors (Lipinski definition) is 1. The van der Waals surface area contributed by atoms with Gasteiger partial charge in [0, 0.05) is 13.1 Å². The number of nitrogens with zero attached hydrogens (tertiary/aromatic N) is 2. The molecular formula is C15H16F3N3. The van der Waals surface area contributed by atoms with Crippen LogP contribution in [-0.2, 0) is 6.18 Å².